The molecule has 1 heterocycles. The molecule has 0 aromatic heterocycles. The van der Waals surface area contributed by atoms with Crippen LogP contribution in [0, 0.1) is 0 Å². The van der Waals surface area contributed by atoms with Crippen molar-refractivity contribution < 1.29 is 9.53 Å². The molecule has 0 fully saturated rings. The van der Waals surface area contributed by atoms with Crippen molar-refractivity contribution in [3.05, 3.63) is 52.0 Å². The lowest BCUT2D eigenvalue weighted by Gasteiger charge is -2.18. The summed E-state index contributed by atoms with van der Waals surface area (Å²) in [5.74, 6) is 0.853. The van der Waals surface area contributed by atoms with Gasteiger partial charge in [0.1, 0.15) is 12.4 Å². The van der Waals surface area contributed by atoms with Crippen LogP contribution >= 0.6 is 15.9 Å². The minimum absolute atomic E-state index is 0.0683. The molecule has 3 N–H and O–H groups in total. The first-order chi connectivity index (χ1) is 10.1. The van der Waals surface area contributed by atoms with Crippen LogP contribution in [-0.2, 0) is 17.8 Å². The van der Waals surface area contributed by atoms with Gasteiger partial charge in [0, 0.05) is 27.8 Å². The highest BCUT2D eigenvalue weighted by molar-refractivity contribution is 9.10. The number of nitrogens with one attached hydrogen (secondary N) is 1. The van der Waals surface area contributed by atoms with Crippen LogP contribution in [0.15, 0.2) is 40.9 Å². The molecule has 0 radical (unpaired) electrons. The Morgan fingerprint density at radius 2 is 2.05 bits per heavy atom. The monoisotopic (exact) mass is 346 g/mol. The first kappa shape index (κ1) is 13.9. The average Bonchev–Trinajstić information content (AvgIpc) is 2.46. The Hall–Kier alpha value is -2.01. The van der Waals surface area contributed by atoms with E-state index >= 15 is 0 Å². The van der Waals surface area contributed by atoms with Crippen LogP contribution in [0.4, 0.5) is 11.4 Å². The van der Waals surface area contributed by atoms with E-state index in [-0.39, 0.29) is 5.91 Å². The summed E-state index contributed by atoms with van der Waals surface area (Å²) in [7, 11) is 0. The summed E-state index contributed by atoms with van der Waals surface area (Å²) in [6.45, 7) is 0.421. The molecule has 0 saturated carbocycles. The van der Waals surface area contributed by atoms with E-state index in [0.717, 1.165) is 33.5 Å². The summed E-state index contributed by atoms with van der Waals surface area (Å²) in [5, 5.41) is 2.86. The third kappa shape index (κ3) is 3.19. The molecule has 5 heteroatoms. The first-order valence-electron chi connectivity index (χ1n) is 6.71. The van der Waals surface area contributed by atoms with Gasteiger partial charge in [-0.2, -0.15) is 0 Å². The Morgan fingerprint density at radius 3 is 2.86 bits per heavy atom. The molecule has 1 amide bonds. The smallest absolute Gasteiger partial charge is 0.224 e. The van der Waals surface area contributed by atoms with E-state index in [9.17, 15) is 4.79 Å². The van der Waals surface area contributed by atoms with Crippen molar-refractivity contribution in [2.75, 3.05) is 11.1 Å². The predicted octanol–water partition coefficient (Wildman–Crippen LogP) is 3.50. The summed E-state index contributed by atoms with van der Waals surface area (Å²) in [5.41, 5.74) is 9.59. The largest absolute Gasteiger partial charge is 0.489 e. The van der Waals surface area contributed by atoms with Crippen molar-refractivity contribution in [3.8, 4) is 5.75 Å². The van der Waals surface area contributed by atoms with Gasteiger partial charge in [0.2, 0.25) is 5.91 Å². The Morgan fingerprint density at radius 1 is 1.19 bits per heavy atom. The number of aryl methyl sites for hydroxylation is 1. The lowest BCUT2D eigenvalue weighted by molar-refractivity contribution is -0.116. The topological polar surface area (TPSA) is 64.3 Å². The first-order valence-corrected chi connectivity index (χ1v) is 7.50. The Labute approximate surface area is 131 Å². The third-order valence-corrected chi connectivity index (χ3v) is 3.97. The fourth-order valence-corrected chi connectivity index (χ4v) is 2.69. The number of carbonyl (C=O) groups excluding carboxylic acids is 1. The SMILES string of the molecule is Nc1cc(Br)ccc1COc1ccc2c(c1)CCC(=O)N2. The summed E-state index contributed by atoms with van der Waals surface area (Å²) in [6, 6.07) is 11.5. The molecule has 0 aliphatic carbocycles. The fraction of sp³-hybridized carbons (Fsp3) is 0.188. The second-order valence-electron chi connectivity index (χ2n) is 5.00. The highest BCUT2D eigenvalue weighted by atomic mass is 79.9. The highest BCUT2D eigenvalue weighted by Crippen LogP contribution is 2.28. The number of hydrogen-bond donors (Lipinski definition) is 2. The van der Waals surface area contributed by atoms with E-state index in [1.54, 1.807) is 0 Å². The number of halogens is 1. The molecule has 0 bridgehead atoms. The van der Waals surface area contributed by atoms with Crippen molar-refractivity contribution in [3.63, 3.8) is 0 Å². The van der Waals surface area contributed by atoms with Gasteiger partial charge in [-0.1, -0.05) is 22.0 Å². The second kappa shape index (κ2) is 5.77. The summed E-state index contributed by atoms with van der Waals surface area (Å²) in [6.07, 6.45) is 1.27. The lowest BCUT2D eigenvalue weighted by Crippen LogP contribution is -2.18. The van der Waals surface area contributed by atoms with E-state index in [1.807, 2.05) is 36.4 Å². The molecule has 0 atom stereocenters. The molecule has 0 unspecified atom stereocenters. The zero-order valence-corrected chi connectivity index (χ0v) is 12.9. The van der Waals surface area contributed by atoms with E-state index in [1.165, 1.54) is 0 Å². The van der Waals surface area contributed by atoms with Crippen molar-refractivity contribution in [2.24, 2.45) is 0 Å². The van der Waals surface area contributed by atoms with Crippen molar-refractivity contribution >= 4 is 33.2 Å². The van der Waals surface area contributed by atoms with Crippen LogP contribution in [0.25, 0.3) is 0 Å². The molecule has 2 aromatic rings. The van der Waals surface area contributed by atoms with Gasteiger partial charge in [-0.3, -0.25) is 4.79 Å². The van der Waals surface area contributed by atoms with Crippen molar-refractivity contribution in [2.45, 2.75) is 19.4 Å². The molecule has 0 spiro atoms. The zero-order chi connectivity index (χ0) is 14.8. The number of nitrogens with two attached hydrogens (primary N) is 1. The minimum Gasteiger partial charge on any atom is -0.489 e. The minimum atomic E-state index is 0.0683. The van der Waals surface area contributed by atoms with Crippen LogP contribution in [0.1, 0.15) is 17.5 Å². The summed E-state index contributed by atoms with van der Waals surface area (Å²) < 4.78 is 6.75. The maximum atomic E-state index is 11.3. The molecule has 108 valence electrons. The molecular weight excluding hydrogens is 332 g/mol. The second-order valence-corrected chi connectivity index (χ2v) is 5.91. The van der Waals surface area contributed by atoms with Gasteiger partial charge < -0.3 is 15.8 Å². The van der Waals surface area contributed by atoms with E-state index in [0.29, 0.717) is 18.7 Å². The maximum absolute atomic E-state index is 11.3. The number of carbonyl (C=O) groups is 1. The maximum Gasteiger partial charge on any atom is 0.224 e. The van der Waals surface area contributed by atoms with Crippen molar-refractivity contribution in [1.82, 2.24) is 0 Å². The van der Waals surface area contributed by atoms with Crippen LogP contribution < -0.4 is 15.8 Å². The number of fused-ring (bicyclic) bond motifs is 1. The number of hydrogen-bond acceptors (Lipinski definition) is 3. The normalized spacial score (nSPS) is 13.5. The van der Waals surface area contributed by atoms with Crippen LogP contribution in [0.2, 0.25) is 0 Å². The van der Waals surface area contributed by atoms with Crippen LogP contribution in [0.3, 0.4) is 0 Å². The number of anilines is 2. The van der Waals surface area contributed by atoms with Gasteiger partial charge in [0.15, 0.2) is 0 Å². The number of amides is 1. The van der Waals surface area contributed by atoms with E-state index in [2.05, 4.69) is 21.2 Å². The molecule has 2 aromatic carbocycles. The van der Waals surface area contributed by atoms with Crippen molar-refractivity contribution in [1.29, 1.82) is 0 Å². The van der Waals surface area contributed by atoms with Gasteiger partial charge in [-0.15, -0.1) is 0 Å². The third-order valence-electron chi connectivity index (χ3n) is 3.47. The Balaban J connectivity index is 1.72. The molecule has 4 nitrogen and oxygen atoms in total. The molecule has 21 heavy (non-hydrogen) atoms. The van der Waals surface area contributed by atoms with Gasteiger partial charge in [-0.25, -0.2) is 0 Å². The standard InChI is InChI=1S/C16H15BrN2O2/c17-12-3-1-11(14(18)8-12)9-21-13-4-5-15-10(7-13)2-6-16(20)19-15/h1,3-5,7-8H,2,6,9,18H2,(H,19,20). The average molecular weight is 347 g/mol. The van der Waals surface area contributed by atoms with Gasteiger partial charge >= 0.3 is 0 Å². The molecule has 1 aliphatic heterocycles. The van der Waals surface area contributed by atoms with E-state index < -0.39 is 0 Å². The number of ether oxygens (including phenoxy) is 1. The van der Waals surface area contributed by atoms with E-state index in [4.69, 9.17) is 10.5 Å². The number of rotatable bonds is 3. The van der Waals surface area contributed by atoms with Gasteiger partial charge in [-0.05, 0) is 42.3 Å². The molecule has 1 aliphatic rings. The van der Waals surface area contributed by atoms with Crippen LogP contribution in [-0.4, -0.2) is 5.91 Å². The Bertz CT molecular complexity index is 701. The van der Waals surface area contributed by atoms with Gasteiger partial charge in [0.25, 0.3) is 0 Å². The van der Waals surface area contributed by atoms with Gasteiger partial charge in [0.05, 0.1) is 0 Å². The quantitative estimate of drug-likeness (QED) is 0.836. The number of nitrogen functional groups attached to an aromatic ring is 1. The molecule has 3 rings (SSSR count). The highest BCUT2D eigenvalue weighted by Gasteiger charge is 2.15. The molecule has 0 saturated heterocycles. The molecular formula is C16H15BrN2O2. The summed E-state index contributed by atoms with van der Waals surface area (Å²) in [4.78, 5) is 11.3. The summed E-state index contributed by atoms with van der Waals surface area (Å²) >= 11 is 3.38. The Kier molecular flexibility index (Phi) is 3.84. The predicted molar refractivity (Wildman–Crippen MR) is 86.3 cm³/mol. The number of benzene rings is 2. The zero-order valence-electron chi connectivity index (χ0n) is 11.4. The fourth-order valence-electron chi connectivity index (χ4n) is 2.31. The van der Waals surface area contributed by atoms with Crippen LogP contribution in [0.5, 0.6) is 5.75 Å². The lowest BCUT2D eigenvalue weighted by atomic mass is 10.0.